The number of fused-ring (bicyclic) bond motifs is 2. The van der Waals surface area contributed by atoms with Gasteiger partial charge in [-0.3, -0.25) is 4.79 Å². The number of carbonyl (C=O) groups is 1. The highest BCUT2D eigenvalue weighted by molar-refractivity contribution is 7.99. The van der Waals surface area contributed by atoms with Crippen molar-refractivity contribution in [2.45, 2.75) is 29.9 Å². The number of aromatic amines is 1. The van der Waals surface area contributed by atoms with Crippen LogP contribution < -0.4 is 5.32 Å². The normalized spacial score (nSPS) is 12.6. The number of benzene rings is 2. The number of nitrogens with one attached hydrogen (secondary N) is 2. The van der Waals surface area contributed by atoms with E-state index in [2.05, 4.69) is 20.3 Å². The van der Waals surface area contributed by atoms with Crippen LogP contribution in [-0.2, 0) is 11.3 Å². The van der Waals surface area contributed by atoms with Crippen LogP contribution in [0.3, 0.4) is 0 Å². The number of rotatable bonds is 9. The van der Waals surface area contributed by atoms with Crippen molar-refractivity contribution < 1.29 is 13.6 Å². The summed E-state index contributed by atoms with van der Waals surface area (Å²) in [4.78, 5) is 25.1. The van der Waals surface area contributed by atoms with Gasteiger partial charge >= 0.3 is 0 Å². The van der Waals surface area contributed by atoms with Gasteiger partial charge in [-0.25, -0.2) is 9.97 Å². The molecule has 4 rings (SSSR count). The van der Waals surface area contributed by atoms with E-state index in [0.29, 0.717) is 35.0 Å². The number of para-hydroxylation sites is 4. The van der Waals surface area contributed by atoms with Gasteiger partial charge in [0.05, 0.1) is 28.1 Å². The fourth-order valence-corrected chi connectivity index (χ4v) is 4.48. The highest BCUT2D eigenvalue weighted by Gasteiger charge is 2.21. The van der Waals surface area contributed by atoms with Crippen molar-refractivity contribution in [3.05, 3.63) is 54.4 Å². The number of carbonyl (C=O) groups excluding carboxylic acids is 1. The Morgan fingerprint density at radius 2 is 1.87 bits per heavy atom. The summed E-state index contributed by atoms with van der Waals surface area (Å²) in [6.07, 6.45) is 2.69. The lowest BCUT2D eigenvalue weighted by Crippen LogP contribution is -2.32. The van der Waals surface area contributed by atoms with Crippen LogP contribution in [0.5, 0.6) is 0 Å². The molecule has 4 aromatic rings. The molecule has 1 atom stereocenters. The molecular formula is C21H21F2N5OS2. The zero-order chi connectivity index (χ0) is 21.8. The van der Waals surface area contributed by atoms with Gasteiger partial charge in [-0.2, -0.15) is 20.5 Å². The first-order chi connectivity index (χ1) is 15.0. The quantitative estimate of drug-likeness (QED) is 0.349. The van der Waals surface area contributed by atoms with Gasteiger partial charge < -0.3 is 14.9 Å². The molecule has 0 aliphatic carbocycles. The van der Waals surface area contributed by atoms with Crippen molar-refractivity contribution in [3.63, 3.8) is 0 Å². The average molecular weight is 462 g/mol. The van der Waals surface area contributed by atoms with Gasteiger partial charge in [0.1, 0.15) is 12.4 Å². The fourth-order valence-electron chi connectivity index (χ4n) is 3.41. The Morgan fingerprint density at radius 1 is 1.13 bits per heavy atom. The van der Waals surface area contributed by atoms with E-state index in [4.69, 9.17) is 0 Å². The van der Waals surface area contributed by atoms with E-state index in [9.17, 15) is 13.6 Å². The van der Waals surface area contributed by atoms with Crippen molar-refractivity contribution in [3.8, 4) is 0 Å². The number of imidazole rings is 2. The molecule has 2 heterocycles. The Kier molecular flexibility index (Phi) is 6.77. The largest absolute Gasteiger partial charge is 0.345 e. The molecule has 162 valence electrons. The smallest absolute Gasteiger partial charge is 0.291 e. The maximum atomic E-state index is 13.0. The molecule has 1 unspecified atom stereocenters. The van der Waals surface area contributed by atoms with Crippen LogP contribution in [0.1, 0.15) is 18.3 Å². The maximum Gasteiger partial charge on any atom is 0.291 e. The number of thioether (sulfide) groups is 2. The van der Waals surface area contributed by atoms with Crippen LogP contribution in [0.2, 0.25) is 0 Å². The number of alkyl halides is 2. The van der Waals surface area contributed by atoms with Crippen molar-refractivity contribution in [1.82, 2.24) is 24.8 Å². The molecule has 0 saturated heterocycles. The predicted octanol–water partition coefficient (Wildman–Crippen LogP) is 4.84. The standard InChI is InChI=1S/C21H21F2N5OS2/c1-30-11-10-16(19-25-13-6-2-3-7-14(13)26-19)24-18(29)12-28-17-9-5-4-8-15(17)27-21(28)31-20(22)23/h2-9,16,20H,10-12H2,1H3,(H,24,29)(H,25,26). The summed E-state index contributed by atoms with van der Waals surface area (Å²) in [6.45, 7) is -0.106. The Morgan fingerprint density at radius 3 is 2.61 bits per heavy atom. The first-order valence-electron chi connectivity index (χ1n) is 9.68. The van der Waals surface area contributed by atoms with Crippen LogP contribution in [0.15, 0.2) is 53.7 Å². The summed E-state index contributed by atoms with van der Waals surface area (Å²) in [5.41, 5.74) is 2.95. The van der Waals surface area contributed by atoms with Crippen LogP contribution >= 0.6 is 23.5 Å². The van der Waals surface area contributed by atoms with Crippen LogP contribution in [0.25, 0.3) is 22.1 Å². The molecule has 1 amide bonds. The lowest BCUT2D eigenvalue weighted by atomic mass is 10.2. The fraction of sp³-hybridized carbons (Fsp3) is 0.286. The number of H-pyrrole nitrogens is 1. The molecule has 6 nitrogen and oxygen atoms in total. The Balaban J connectivity index is 1.58. The predicted molar refractivity (Wildman–Crippen MR) is 122 cm³/mol. The molecule has 10 heteroatoms. The second kappa shape index (κ2) is 9.69. The average Bonchev–Trinajstić information content (AvgIpc) is 3.32. The summed E-state index contributed by atoms with van der Waals surface area (Å²) in [5, 5.41) is 3.14. The number of nitrogens with zero attached hydrogens (tertiary/aromatic N) is 3. The molecule has 2 N–H and O–H groups in total. The van der Waals surface area contributed by atoms with Gasteiger partial charge in [0.15, 0.2) is 5.16 Å². The number of halogens is 2. The lowest BCUT2D eigenvalue weighted by Gasteiger charge is -2.17. The van der Waals surface area contributed by atoms with Crippen molar-refractivity contribution >= 4 is 51.5 Å². The zero-order valence-electron chi connectivity index (χ0n) is 16.7. The number of hydrogen-bond acceptors (Lipinski definition) is 5. The summed E-state index contributed by atoms with van der Waals surface area (Å²) < 4.78 is 27.6. The number of hydrogen-bond donors (Lipinski definition) is 2. The highest BCUT2D eigenvalue weighted by Crippen LogP contribution is 2.28. The lowest BCUT2D eigenvalue weighted by molar-refractivity contribution is -0.122. The van der Waals surface area contributed by atoms with E-state index < -0.39 is 5.76 Å². The van der Waals surface area contributed by atoms with Crippen molar-refractivity contribution in [2.24, 2.45) is 0 Å². The maximum absolute atomic E-state index is 13.0. The molecule has 0 saturated carbocycles. The van der Waals surface area contributed by atoms with Crippen molar-refractivity contribution in [2.75, 3.05) is 12.0 Å². The topological polar surface area (TPSA) is 75.6 Å². The first kappa shape index (κ1) is 21.6. The third-order valence-electron chi connectivity index (χ3n) is 4.80. The van der Waals surface area contributed by atoms with E-state index in [0.717, 1.165) is 16.8 Å². The molecule has 0 fully saturated rings. The van der Waals surface area contributed by atoms with Crippen LogP contribution in [0, 0.1) is 0 Å². The minimum atomic E-state index is -2.62. The molecule has 0 radical (unpaired) electrons. The molecule has 0 bridgehead atoms. The third-order valence-corrected chi connectivity index (χ3v) is 6.14. The minimum Gasteiger partial charge on any atom is -0.345 e. The molecule has 0 aliphatic heterocycles. The van der Waals surface area contributed by atoms with Gasteiger partial charge in [-0.05, 0) is 54.5 Å². The molecular weight excluding hydrogens is 440 g/mol. The summed E-state index contributed by atoms with van der Waals surface area (Å²) >= 11 is 2.02. The summed E-state index contributed by atoms with van der Waals surface area (Å²) in [5.74, 6) is -1.39. The first-order valence-corrected chi connectivity index (χ1v) is 12.0. The van der Waals surface area contributed by atoms with E-state index in [1.54, 1.807) is 36.0 Å². The van der Waals surface area contributed by atoms with Gasteiger partial charge in [0, 0.05) is 0 Å². The highest BCUT2D eigenvalue weighted by atomic mass is 32.2. The second-order valence-corrected chi connectivity index (χ2v) is 8.83. The summed E-state index contributed by atoms with van der Waals surface area (Å²) in [7, 11) is 0. The number of amides is 1. The molecule has 2 aromatic heterocycles. The third kappa shape index (κ3) is 5.01. The molecule has 0 aliphatic rings. The molecule has 2 aromatic carbocycles. The second-order valence-electron chi connectivity index (χ2n) is 6.89. The van der Waals surface area contributed by atoms with Crippen LogP contribution in [0.4, 0.5) is 8.78 Å². The van der Waals surface area contributed by atoms with E-state index in [1.807, 2.05) is 30.5 Å². The van der Waals surface area contributed by atoms with E-state index in [-0.39, 0.29) is 23.7 Å². The van der Waals surface area contributed by atoms with Gasteiger partial charge in [-0.1, -0.05) is 24.3 Å². The molecule has 31 heavy (non-hydrogen) atoms. The monoisotopic (exact) mass is 461 g/mol. The van der Waals surface area contributed by atoms with E-state index in [1.165, 1.54) is 4.57 Å². The van der Waals surface area contributed by atoms with Gasteiger partial charge in [0.25, 0.3) is 5.76 Å². The Hall–Kier alpha value is -2.59. The SMILES string of the molecule is CSCCC(NC(=O)Cn1c(SC(F)F)nc2ccccc21)c1nc2ccccc2[nH]1. The molecule has 0 spiro atoms. The van der Waals surface area contributed by atoms with Gasteiger partial charge in [0.2, 0.25) is 5.91 Å². The Bertz CT molecular complexity index is 1160. The summed E-state index contributed by atoms with van der Waals surface area (Å²) in [6, 6.07) is 14.5. The van der Waals surface area contributed by atoms with Crippen molar-refractivity contribution in [1.29, 1.82) is 0 Å². The number of aromatic nitrogens is 4. The Labute approximate surface area is 186 Å². The zero-order valence-corrected chi connectivity index (χ0v) is 18.4. The van der Waals surface area contributed by atoms with E-state index >= 15 is 0 Å². The minimum absolute atomic E-state index is 0.106. The van der Waals surface area contributed by atoms with Crippen LogP contribution in [-0.4, -0.2) is 43.2 Å². The van der Waals surface area contributed by atoms with Gasteiger partial charge in [-0.15, -0.1) is 0 Å².